The van der Waals surface area contributed by atoms with Gasteiger partial charge in [0.05, 0.1) is 5.41 Å². The molecule has 2 bridgehead atoms. The summed E-state index contributed by atoms with van der Waals surface area (Å²) in [6.07, 6.45) is 1.40. The topological polar surface area (TPSA) is 37.3 Å². The Kier molecular flexibility index (Phi) is 0.443. The molecule has 8 atom stereocenters. The van der Waals surface area contributed by atoms with Gasteiger partial charge in [-0.05, 0) is 47.8 Å². The summed E-state index contributed by atoms with van der Waals surface area (Å²) in [4.78, 5) is 11.1. The van der Waals surface area contributed by atoms with Crippen LogP contribution in [0.4, 0.5) is 0 Å². The van der Waals surface area contributed by atoms with Gasteiger partial charge in [-0.2, -0.15) is 0 Å². The summed E-state index contributed by atoms with van der Waals surface area (Å²) in [5.74, 6) is 5.16. The first-order valence-electron chi connectivity index (χ1n) is 5.03. The standard InChI is InChI=1S/C10H10O2/c11-9(12)10-6-3-1-2-4(6)8(10)5(2)7(3)10/h2-8H,1H2,(H,11,12)/t2?,3?,4-,5+,6-,7-,8?,10?/m1/s1. The van der Waals surface area contributed by atoms with Crippen LogP contribution in [-0.2, 0) is 4.79 Å². The van der Waals surface area contributed by atoms with E-state index in [1.54, 1.807) is 0 Å². The third kappa shape index (κ3) is 0.192. The minimum Gasteiger partial charge on any atom is -0.481 e. The highest BCUT2D eigenvalue weighted by Crippen LogP contribution is 2.99. The number of carboxylic acids is 1. The minimum atomic E-state index is -0.452. The van der Waals surface area contributed by atoms with Crippen LogP contribution in [-0.4, -0.2) is 11.1 Å². The molecule has 0 aromatic heterocycles. The number of rotatable bonds is 1. The van der Waals surface area contributed by atoms with Gasteiger partial charge in [-0.15, -0.1) is 0 Å². The first kappa shape index (κ1) is 5.25. The molecule has 62 valence electrons. The van der Waals surface area contributed by atoms with Crippen molar-refractivity contribution in [2.75, 3.05) is 0 Å². The van der Waals surface area contributed by atoms with Gasteiger partial charge in [-0.3, -0.25) is 4.79 Å². The molecule has 0 heterocycles. The molecule has 0 aromatic rings. The first-order valence-corrected chi connectivity index (χ1v) is 5.03. The summed E-state index contributed by atoms with van der Waals surface area (Å²) in [6, 6.07) is 0. The van der Waals surface area contributed by atoms with Crippen LogP contribution in [0.1, 0.15) is 6.42 Å². The van der Waals surface area contributed by atoms with E-state index in [0.29, 0.717) is 17.8 Å². The largest absolute Gasteiger partial charge is 0.481 e. The Bertz CT molecular complexity index is 324. The van der Waals surface area contributed by atoms with Crippen LogP contribution in [0.3, 0.4) is 0 Å². The molecule has 12 heavy (non-hydrogen) atoms. The van der Waals surface area contributed by atoms with Gasteiger partial charge in [-0.1, -0.05) is 0 Å². The molecule has 2 heteroatoms. The van der Waals surface area contributed by atoms with Gasteiger partial charge in [0.15, 0.2) is 0 Å². The van der Waals surface area contributed by atoms with E-state index in [9.17, 15) is 9.90 Å². The molecule has 4 unspecified atom stereocenters. The van der Waals surface area contributed by atoms with Gasteiger partial charge >= 0.3 is 5.97 Å². The summed E-state index contributed by atoms with van der Waals surface area (Å²) in [5, 5.41) is 9.19. The second kappa shape index (κ2) is 1.01. The van der Waals surface area contributed by atoms with Crippen LogP contribution >= 0.6 is 0 Å². The molecule has 0 aliphatic heterocycles. The highest BCUT2D eigenvalue weighted by atomic mass is 16.4. The molecular weight excluding hydrogens is 152 g/mol. The van der Waals surface area contributed by atoms with Gasteiger partial charge in [0.1, 0.15) is 0 Å². The van der Waals surface area contributed by atoms with E-state index in [-0.39, 0.29) is 5.41 Å². The molecular formula is C10H10O2. The molecule has 2 nitrogen and oxygen atoms in total. The lowest BCUT2D eigenvalue weighted by atomic mass is 9.13. The van der Waals surface area contributed by atoms with E-state index in [2.05, 4.69) is 0 Å². The highest BCUT2D eigenvalue weighted by molar-refractivity contribution is 5.84. The predicted molar refractivity (Wildman–Crippen MR) is 39.1 cm³/mol. The van der Waals surface area contributed by atoms with Crippen molar-refractivity contribution in [3.8, 4) is 0 Å². The Labute approximate surface area is 70.0 Å². The SMILES string of the molecule is O=C(O)C12C3[C@H]4C5CC([C@H]41)[C@@H]2[C@@H]53. The van der Waals surface area contributed by atoms with Crippen LogP contribution in [0.2, 0.25) is 0 Å². The average Bonchev–Trinajstić information content (AvgIpc) is 2.27. The van der Waals surface area contributed by atoms with E-state index >= 15 is 0 Å². The van der Waals surface area contributed by atoms with Crippen LogP contribution in [0.25, 0.3) is 0 Å². The van der Waals surface area contributed by atoms with Crippen LogP contribution < -0.4 is 0 Å². The third-order valence-electron chi connectivity index (χ3n) is 6.14. The van der Waals surface area contributed by atoms with Gasteiger partial charge in [0, 0.05) is 0 Å². The molecule has 0 radical (unpaired) electrons. The smallest absolute Gasteiger partial charge is 0.310 e. The summed E-state index contributed by atoms with van der Waals surface area (Å²) in [7, 11) is 0. The van der Waals surface area contributed by atoms with Crippen molar-refractivity contribution in [2.45, 2.75) is 6.42 Å². The Morgan fingerprint density at radius 2 is 1.83 bits per heavy atom. The third-order valence-corrected chi connectivity index (χ3v) is 6.14. The Morgan fingerprint density at radius 3 is 2.33 bits per heavy atom. The highest BCUT2D eigenvalue weighted by Gasteiger charge is 3.00. The van der Waals surface area contributed by atoms with Gasteiger partial charge < -0.3 is 5.11 Å². The van der Waals surface area contributed by atoms with Crippen LogP contribution in [0.5, 0.6) is 0 Å². The number of carboxylic acid groups (broad SMARTS) is 1. The fraction of sp³-hybridized carbons (Fsp3) is 0.900. The number of hydrogen-bond donors (Lipinski definition) is 1. The maximum atomic E-state index is 11.1. The molecule has 0 amide bonds. The quantitative estimate of drug-likeness (QED) is 0.620. The number of aliphatic carboxylic acids is 1. The van der Waals surface area contributed by atoms with Crippen molar-refractivity contribution >= 4 is 5.97 Å². The van der Waals surface area contributed by atoms with Crippen molar-refractivity contribution < 1.29 is 9.90 Å². The molecule has 6 rings (SSSR count). The van der Waals surface area contributed by atoms with E-state index in [4.69, 9.17) is 0 Å². The lowest BCUT2D eigenvalue weighted by Crippen LogP contribution is -2.90. The van der Waals surface area contributed by atoms with Gasteiger partial charge in [0.2, 0.25) is 0 Å². The van der Waals surface area contributed by atoms with Crippen LogP contribution in [0.15, 0.2) is 0 Å². The minimum absolute atomic E-state index is 0.132. The maximum Gasteiger partial charge on any atom is 0.310 e. The van der Waals surface area contributed by atoms with Crippen LogP contribution in [0, 0.1) is 46.8 Å². The molecule has 6 fully saturated rings. The molecule has 0 saturated heterocycles. The molecule has 6 aliphatic rings. The Morgan fingerprint density at radius 1 is 1.17 bits per heavy atom. The van der Waals surface area contributed by atoms with Crippen molar-refractivity contribution in [3.63, 3.8) is 0 Å². The van der Waals surface area contributed by atoms with Gasteiger partial charge in [0.25, 0.3) is 0 Å². The monoisotopic (exact) mass is 162 g/mol. The average molecular weight is 162 g/mol. The lowest BCUT2D eigenvalue weighted by Gasteiger charge is -2.89. The summed E-state index contributed by atoms with van der Waals surface area (Å²) in [5.41, 5.74) is -0.132. The molecule has 0 aromatic carbocycles. The zero-order valence-electron chi connectivity index (χ0n) is 6.60. The molecule has 6 saturated carbocycles. The lowest BCUT2D eigenvalue weighted by molar-refractivity contribution is -0.430. The fourth-order valence-corrected chi connectivity index (χ4v) is 6.32. The number of hydrogen-bond acceptors (Lipinski definition) is 1. The second-order valence-corrected chi connectivity index (χ2v) is 5.53. The van der Waals surface area contributed by atoms with Crippen molar-refractivity contribution in [3.05, 3.63) is 0 Å². The molecule has 6 aliphatic carbocycles. The van der Waals surface area contributed by atoms with E-state index in [1.165, 1.54) is 6.42 Å². The summed E-state index contributed by atoms with van der Waals surface area (Å²) < 4.78 is 0. The zero-order valence-corrected chi connectivity index (χ0v) is 6.60. The fourth-order valence-electron chi connectivity index (χ4n) is 6.32. The first-order chi connectivity index (χ1) is 5.79. The Hall–Kier alpha value is -0.530. The number of carbonyl (C=O) groups is 1. The summed E-state index contributed by atoms with van der Waals surface area (Å²) in [6.45, 7) is 0. The van der Waals surface area contributed by atoms with E-state index in [0.717, 1.165) is 23.7 Å². The Balaban J connectivity index is 1.78. The van der Waals surface area contributed by atoms with Crippen molar-refractivity contribution in [1.82, 2.24) is 0 Å². The summed E-state index contributed by atoms with van der Waals surface area (Å²) >= 11 is 0. The van der Waals surface area contributed by atoms with E-state index < -0.39 is 5.97 Å². The molecule has 1 N–H and O–H groups in total. The second-order valence-electron chi connectivity index (χ2n) is 5.53. The van der Waals surface area contributed by atoms with E-state index in [1.807, 2.05) is 0 Å². The maximum absolute atomic E-state index is 11.1. The normalized spacial score (nSPS) is 82.8. The van der Waals surface area contributed by atoms with Gasteiger partial charge in [-0.25, -0.2) is 0 Å². The molecule has 0 spiro atoms. The predicted octanol–water partition coefficient (Wildman–Crippen LogP) is 0.829. The van der Waals surface area contributed by atoms with Crippen molar-refractivity contribution in [2.24, 2.45) is 46.8 Å². The zero-order chi connectivity index (χ0) is 7.83. The van der Waals surface area contributed by atoms with Crippen molar-refractivity contribution in [1.29, 1.82) is 0 Å².